The standard InChI is InChI=1S/C20H29NO3/c1-5-24-19(23)17-13(4)16-14(21-18(17)12(2)3)10-20(11-15(16)22)8-6-7-9-20/h12,15,22H,5-11H2,1-4H3. The molecule has 4 nitrogen and oxygen atoms in total. The van der Waals surface area contributed by atoms with E-state index in [1.54, 1.807) is 0 Å². The maximum absolute atomic E-state index is 12.5. The highest BCUT2D eigenvalue weighted by atomic mass is 16.5. The van der Waals surface area contributed by atoms with Gasteiger partial charge in [0.1, 0.15) is 0 Å². The molecule has 1 aromatic rings. The minimum Gasteiger partial charge on any atom is -0.462 e. The van der Waals surface area contributed by atoms with E-state index in [1.807, 2.05) is 13.8 Å². The summed E-state index contributed by atoms with van der Waals surface area (Å²) in [5.41, 5.74) is 4.33. The highest BCUT2D eigenvalue weighted by Gasteiger charge is 2.43. The Morgan fingerprint density at radius 1 is 1.38 bits per heavy atom. The molecule has 1 heterocycles. The Balaban J connectivity index is 2.12. The third-order valence-corrected chi connectivity index (χ3v) is 5.79. The first kappa shape index (κ1) is 17.4. The smallest absolute Gasteiger partial charge is 0.340 e. The van der Waals surface area contributed by atoms with Gasteiger partial charge in [0.15, 0.2) is 0 Å². The number of hydrogen-bond acceptors (Lipinski definition) is 4. The third kappa shape index (κ3) is 2.85. The fraction of sp³-hybridized carbons (Fsp3) is 0.700. The number of aliphatic hydroxyl groups excluding tert-OH is 1. The molecule has 1 spiro atoms. The zero-order valence-corrected chi connectivity index (χ0v) is 15.3. The fourth-order valence-corrected chi connectivity index (χ4v) is 4.71. The molecule has 0 aliphatic heterocycles. The Hall–Kier alpha value is -1.42. The normalized spacial score (nSPS) is 22.0. The number of ether oxygens (including phenoxy) is 1. The number of aliphatic hydroxyl groups is 1. The van der Waals surface area contributed by atoms with E-state index in [-0.39, 0.29) is 17.3 Å². The molecule has 0 radical (unpaired) electrons. The Morgan fingerprint density at radius 3 is 2.62 bits per heavy atom. The molecule has 1 saturated carbocycles. The molecule has 0 bridgehead atoms. The van der Waals surface area contributed by atoms with Gasteiger partial charge in [-0.05, 0) is 56.4 Å². The zero-order valence-electron chi connectivity index (χ0n) is 15.3. The largest absolute Gasteiger partial charge is 0.462 e. The summed E-state index contributed by atoms with van der Waals surface area (Å²) >= 11 is 0. The second kappa shape index (κ2) is 6.47. The summed E-state index contributed by atoms with van der Waals surface area (Å²) in [5, 5.41) is 10.8. The predicted octanol–water partition coefficient (Wildman–Crippen LogP) is 4.23. The number of esters is 1. The topological polar surface area (TPSA) is 59.4 Å². The summed E-state index contributed by atoms with van der Waals surface area (Å²) in [7, 11) is 0. The Morgan fingerprint density at radius 2 is 2.04 bits per heavy atom. The highest BCUT2D eigenvalue weighted by molar-refractivity contribution is 5.93. The first-order valence-corrected chi connectivity index (χ1v) is 9.27. The molecule has 1 fully saturated rings. The molecular formula is C20H29NO3. The maximum Gasteiger partial charge on any atom is 0.340 e. The van der Waals surface area contributed by atoms with Gasteiger partial charge in [-0.15, -0.1) is 0 Å². The van der Waals surface area contributed by atoms with Crippen LogP contribution in [0.4, 0.5) is 0 Å². The van der Waals surface area contributed by atoms with Crippen LogP contribution in [0.25, 0.3) is 0 Å². The second-order valence-corrected chi connectivity index (χ2v) is 7.84. The first-order chi connectivity index (χ1) is 11.4. The molecule has 1 atom stereocenters. The van der Waals surface area contributed by atoms with E-state index in [9.17, 15) is 9.90 Å². The van der Waals surface area contributed by atoms with Crippen molar-refractivity contribution in [2.75, 3.05) is 6.61 Å². The molecule has 3 rings (SSSR count). The van der Waals surface area contributed by atoms with Crippen molar-refractivity contribution in [1.82, 2.24) is 4.98 Å². The van der Waals surface area contributed by atoms with E-state index >= 15 is 0 Å². The van der Waals surface area contributed by atoms with Crippen LogP contribution in [-0.2, 0) is 11.2 Å². The van der Waals surface area contributed by atoms with Gasteiger partial charge in [-0.2, -0.15) is 0 Å². The Labute approximate surface area is 144 Å². The van der Waals surface area contributed by atoms with E-state index in [0.717, 1.165) is 35.4 Å². The summed E-state index contributed by atoms with van der Waals surface area (Å²) in [6.45, 7) is 8.21. The fourth-order valence-electron chi connectivity index (χ4n) is 4.71. The molecule has 24 heavy (non-hydrogen) atoms. The quantitative estimate of drug-likeness (QED) is 0.842. The summed E-state index contributed by atoms with van der Waals surface area (Å²) < 4.78 is 5.26. The summed E-state index contributed by atoms with van der Waals surface area (Å²) in [4.78, 5) is 17.4. The zero-order chi connectivity index (χ0) is 17.5. The average molecular weight is 331 g/mol. The van der Waals surface area contributed by atoms with Gasteiger partial charge in [-0.25, -0.2) is 4.79 Å². The van der Waals surface area contributed by atoms with Gasteiger partial charge in [0.25, 0.3) is 0 Å². The number of nitrogens with zero attached hydrogens (tertiary/aromatic N) is 1. The van der Waals surface area contributed by atoms with Crippen molar-refractivity contribution < 1.29 is 14.6 Å². The van der Waals surface area contributed by atoms with Gasteiger partial charge in [0.2, 0.25) is 0 Å². The van der Waals surface area contributed by atoms with Crippen LogP contribution in [0.2, 0.25) is 0 Å². The molecule has 2 aliphatic carbocycles. The number of hydrogen-bond donors (Lipinski definition) is 1. The van der Waals surface area contributed by atoms with Crippen LogP contribution in [-0.4, -0.2) is 22.7 Å². The molecule has 4 heteroatoms. The minimum atomic E-state index is -0.520. The molecule has 1 unspecified atom stereocenters. The number of carbonyl (C=O) groups excluding carboxylic acids is 1. The van der Waals surface area contributed by atoms with Gasteiger partial charge in [-0.1, -0.05) is 26.7 Å². The van der Waals surface area contributed by atoms with Gasteiger partial charge in [0, 0.05) is 11.3 Å². The number of rotatable bonds is 3. The lowest BCUT2D eigenvalue weighted by atomic mass is 9.69. The third-order valence-electron chi connectivity index (χ3n) is 5.79. The van der Waals surface area contributed by atoms with Crippen molar-refractivity contribution in [3.05, 3.63) is 28.1 Å². The number of pyridine rings is 1. The molecule has 1 aromatic heterocycles. The predicted molar refractivity (Wildman–Crippen MR) is 93.2 cm³/mol. The van der Waals surface area contributed by atoms with Crippen LogP contribution >= 0.6 is 0 Å². The van der Waals surface area contributed by atoms with Crippen LogP contribution in [0, 0.1) is 12.3 Å². The van der Waals surface area contributed by atoms with Crippen LogP contribution in [0.1, 0.15) is 97.8 Å². The molecule has 132 valence electrons. The summed E-state index contributed by atoms with van der Waals surface area (Å²) in [6, 6.07) is 0. The Bertz CT molecular complexity index is 645. The van der Waals surface area contributed by atoms with Crippen molar-refractivity contribution in [2.24, 2.45) is 5.41 Å². The van der Waals surface area contributed by atoms with Crippen LogP contribution in [0.3, 0.4) is 0 Å². The maximum atomic E-state index is 12.5. The van der Waals surface area contributed by atoms with Crippen molar-refractivity contribution >= 4 is 5.97 Å². The lowest BCUT2D eigenvalue weighted by Crippen LogP contribution is -2.31. The van der Waals surface area contributed by atoms with Crippen LogP contribution in [0.5, 0.6) is 0 Å². The van der Waals surface area contributed by atoms with Crippen molar-refractivity contribution in [3.8, 4) is 0 Å². The molecule has 2 aliphatic rings. The number of aromatic nitrogens is 1. The Kier molecular flexibility index (Phi) is 4.69. The second-order valence-electron chi connectivity index (χ2n) is 7.84. The average Bonchev–Trinajstić information content (AvgIpc) is 2.93. The van der Waals surface area contributed by atoms with Crippen LogP contribution in [0.15, 0.2) is 0 Å². The van der Waals surface area contributed by atoms with E-state index in [2.05, 4.69) is 13.8 Å². The van der Waals surface area contributed by atoms with Gasteiger partial charge in [0.05, 0.1) is 24.0 Å². The van der Waals surface area contributed by atoms with E-state index in [0.29, 0.717) is 12.2 Å². The van der Waals surface area contributed by atoms with Crippen molar-refractivity contribution in [3.63, 3.8) is 0 Å². The molecular weight excluding hydrogens is 302 g/mol. The molecule has 0 amide bonds. The number of fused-ring (bicyclic) bond motifs is 1. The molecule has 0 aromatic carbocycles. The minimum absolute atomic E-state index is 0.145. The first-order valence-electron chi connectivity index (χ1n) is 9.27. The molecule has 1 N–H and O–H groups in total. The van der Waals surface area contributed by atoms with Crippen molar-refractivity contribution in [2.45, 2.75) is 78.2 Å². The summed E-state index contributed by atoms with van der Waals surface area (Å²) in [6.07, 6.45) is 6.07. The van der Waals surface area contributed by atoms with E-state index in [4.69, 9.17) is 9.72 Å². The SMILES string of the molecule is CCOC(=O)c1c(C(C)C)nc2c(c1C)C(O)CC1(CCCC1)C2. The van der Waals surface area contributed by atoms with E-state index < -0.39 is 6.10 Å². The lowest BCUT2D eigenvalue weighted by Gasteiger charge is -2.38. The lowest BCUT2D eigenvalue weighted by molar-refractivity contribution is 0.0520. The van der Waals surface area contributed by atoms with Crippen LogP contribution < -0.4 is 0 Å². The monoisotopic (exact) mass is 331 g/mol. The van der Waals surface area contributed by atoms with Gasteiger partial charge >= 0.3 is 5.97 Å². The van der Waals surface area contributed by atoms with Crippen molar-refractivity contribution in [1.29, 1.82) is 0 Å². The summed E-state index contributed by atoms with van der Waals surface area (Å²) in [5.74, 6) is -0.172. The molecule has 0 saturated heterocycles. The van der Waals surface area contributed by atoms with Gasteiger partial charge in [-0.3, -0.25) is 4.98 Å². The van der Waals surface area contributed by atoms with E-state index in [1.165, 1.54) is 25.7 Å². The highest BCUT2D eigenvalue weighted by Crippen LogP contribution is 2.51. The van der Waals surface area contributed by atoms with Gasteiger partial charge < -0.3 is 9.84 Å². The number of carbonyl (C=O) groups is 1.